The normalized spacial score (nSPS) is 14.8. The molecule has 0 spiro atoms. The maximum absolute atomic E-state index is 10.9. The molecule has 0 atom stereocenters. The molecule has 82 valence electrons. The average Bonchev–Trinajstić information content (AvgIpc) is 2.64. The van der Waals surface area contributed by atoms with E-state index in [-0.39, 0.29) is 5.56 Å². The number of carbonyl (C=O) groups is 1. The SMILES string of the molecule is O=C(O)c1ccccc1NC1=NC(=S)SC1. The molecule has 0 bridgehead atoms. The van der Waals surface area contributed by atoms with Crippen molar-refractivity contribution < 1.29 is 9.90 Å². The molecule has 2 rings (SSSR count). The van der Waals surface area contributed by atoms with Gasteiger partial charge in [0.2, 0.25) is 0 Å². The number of hydrogen-bond acceptors (Lipinski definition) is 4. The Morgan fingerprint density at radius 1 is 1.50 bits per heavy atom. The van der Waals surface area contributed by atoms with E-state index in [9.17, 15) is 4.79 Å². The molecule has 1 aromatic rings. The lowest BCUT2D eigenvalue weighted by atomic mass is 10.2. The lowest BCUT2D eigenvalue weighted by Crippen LogP contribution is -2.14. The van der Waals surface area contributed by atoms with Gasteiger partial charge in [-0.25, -0.2) is 9.79 Å². The quantitative estimate of drug-likeness (QED) is 0.790. The van der Waals surface area contributed by atoms with Crippen LogP contribution < -0.4 is 5.32 Å². The fraction of sp³-hybridized carbons (Fsp3) is 0.100. The second kappa shape index (κ2) is 4.63. The minimum Gasteiger partial charge on any atom is -0.478 e. The van der Waals surface area contributed by atoms with Crippen LogP contribution in [0, 0.1) is 0 Å². The van der Waals surface area contributed by atoms with Crippen molar-refractivity contribution in [2.45, 2.75) is 0 Å². The third-order valence-electron chi connectivity index (χ3n) is 2.00. The molecular formula is C10H8N2O2S2. The Morgan fingerprint density at radius 2 is 2.25 bits per heavy atom. The second-order valence-electron chi connectivity index (χ2n) is 3.09. The number of aliphatic imine (C=N–C) groups is 1. The number of anilines is 1. The van der Waals surface area contributed by atoms with E-state index in [4.69, 9.17) is 17.3 Å². The van der Waals surface area contributed by atoms with Crippen LogP contribution in [0.4, 0.5) is 5.69 Å². The molecule has 0 saturated heterocycles. The van der Waals surface area contributed by atoms with Crippen LogP contribution >= 0.6 is 24.0 Å². The maximum atomic E-state index is 10.9. The molecule has 1 aliphatic rings. The fourth-order valence-electron chi connectivity index (χ4n) is 1.30. The molecule has 0 unspecified atom stereocenters. The minimum absolute atomic E-state index is 0.230. The lowest BCUT2D eigenvalue weighted by molar-refractivity contribution is 0.0698. The van der Waals surface area contributed by atoms with Crippen molar-refractivity contribution in [3.05, 3.63) is 29.8 Å². The number of para-hydroxylation sites is 1. The van der Waals surface area contributed by atoms with Gasteiger partial charge in [-0.05, 0) is 12.1 Å². The van der Waals surface area contributed by atoms with Crippen molar-refractivity contribution >= 4 is 45.8 Å². The molecule has 0 amide bonds. The molecule has 0 fully saturated rings. The zero-order chi connectivity index (χ0) is 11.5. The second-order valence-corrected chi connectivity index (χ2v) is 4.70. The Balaban J connectivity index is 2.24. The lowest BCUT2D eigenvalue weighted by Gasteiger charge is -2.07. The number of thioether (sulfide) groups is 1. The molecule has 0 radical (unpaired) electrons. The van der Waals surface area contributed by atoms with Crippen molar-refractivity contribution in [2.24, 2.45) is 4.99 Å². The molecule has 1 aromatic carbocycles. The number of amidine groups is 1. The topological polar surface area (TPSA) is 61.7 Å². The highest BCUT2D eigenvalue weighted by molar-refractivity contribution is 8.23. The summed E-state index contributed by atoms with van der Waals surface area (Å²) >= 11 is 6.37. The Morgan fingerprint density at radius 3 is 2.88 bits per heavy atom. The summed E-state index contributed by atoms with van der Waals surface area (Å²) < 4.78 is 0.579. The number of carboxylic acid groups (broad SMARTS) is 1. The Bertz CT molecular complexity index is 485. The number of rotatable bonds is 2. The van der Waals surface area contributed by atoms with Gasteiger partial charge in [-0.3, -0.25) is 0 Å². The summed E-state index contributed by atoms with van der Waals surface area (Å²) in [6.07, 6.45) is 0. The molecular weight excluding hydrogens is 244 g/mol. The summed E-state index contributed by atoms with van der Waals surface area (Å²) in [4.78, 5) is 15.0. The molecule has 0 aliphatic carbocycles. The largest absolute Gasteiger partial charge is 0.478 e. The third kappa shape index (κ3) is 2.40. The van der Waals surface area contributed by atoms with Gasteiger partial charge >= 0.3 is 5.97 Å². The van der Waals surface area contributed by atoms with Crippen molar-refractivity contribution in [3.8, 4) is 0 Å². The zero-order valence-electron chi connectivity index (χ0n) is 8.14. The van der Waals surface area contributed by atoms with E-state index in [0.717, 1.165) is 0 Å². The molecule has 0 aromatic heterocycles. The van der Waals surface area contributed by atoms with E-state index in [0.29, 0.717) is 21.6 Å². The van der Waals surface area contributed by atoms with E-state index in [1.807, 2.05) is 0 Å². The van der Waals surface area contributed by atoms with E-state index < -0.39 is 5.97 Å². The first-order valence-corrected chi connectivity index (χ1v) is 5.90. The highest BCUT2D eigenvalue weighted by Gasteiger charge is 2.15. The van der Waals surface area contributed by atoms with Crippen LogP contribution in [0.15, 0.2) is 29.3 Å². The predicted octanol–water partition coefficient (Wildman–Crippen LogP) is 2.23. The van der Waals surface area contributed by atoms with E-state index in [1.165, 1.54) is 11.8 Å². The highest BCUT2D eigenvalue weighted by atomic mass is 32.2. The van der Waals surface area contributed by atoms with Crippen LogP contribution in [-0.2, 0) is 0 Å². The monoisotopic (exact) mass is 252 g/mol. The van der Waals surface area contributed by atoms with Gasteiger partial charge in [0, 0.05) is 0 Å². The number of thiocarbonyl (C=S) groups is 1. The molecule has 0 saturated carbocycles. The van der Waals surface area contributed by atoms with Crippen LogP contribution in [0.3, 0.4) is 0 Å². The van der Waals surface area contributed by atoms with E-state index in [2.05, 4.69) is 10.3 Å². The first-order chi connectivity index (χ1) is 7.66. The van der Waals surface area contributed by atoms with Gasteiger partial charge in [0.25, 0.3) is 0 Å². The highest BCUT2D eigenvalue weighted by Crippen LogP contribution is 2.19. The molecule has 1 aliphatic heterocycles. The van der Waals surface area contributed by atoms with Crippen LogP contribution in [0.1, 0.15) is 10.4 Å². The standard InChI is InChI=1S/C10H8N2O2S2/c13-9(14)6-3-1-2-4-7(6)11-8-5-16-10(15)12-8/h1-4H,5H2,(H,13,14)(H,11,12,15). The molecule has 16 heavy (non-hydrogen) atoms. The van der Waals surface area contributed by atoms with Gasteiger partial charge in [0.05, 0.1) is 17.0 Å². The van der Waals surface area contributed by atoms with Gasteiger partial charge in [0.15, 0.2) is 4.32 Å². The van der Waals surface area contributed by atoms with Crippen LogP contribution in [-0.4, -0.2) is 27.0 Å². The Labute approximate surface area is 102 Å². The Kier molecular flexibility index (Phi) is 3.21. The van der Waals surface area contributed by atoms with Crippen LogP contribution in [0.25, 0.3) is 0 Å². The summed E-state index contributed by atoms with van der Waals surface area (Å²) in [5.74, 6) is 0.396. The van der Waals surface area contributed by atoms with Crippen molar-refractivity contribution in [1.82, 2.24) is 0 Å². The van der Waals surface area contributed by atoms with E-state index >= 15 is 0 Å². The maximum Gasteiger partial charge on any atom is 0.337 e. The molecule has 4 nitrogen and oxygen atoms in total. The van der Waals surface area contributed by atoms with Crippen molar-refractivity contribution in [1.29, 1.82) is 0 Å². The smallest absolute Gasteiger partial charge is 0.337 e. The summed E-state index contributed by atoms with van der Waals surface area (Å²) in [5, 5.41) is 12.0. The molecule has 1 heterocycles. The minimum atomic E-state index is -0.961. The van der Waals surface area contributed by atoms with Crippen LogP contribution in [0.5, 0.6) is 0 Å². The number of aromatic carboxylic acids is 1. The number of hydrogen-bond donors (Lipinski definition) is 2. The summed E-state index contributed by atoms with van der Waals surface area (Å²) in [5.41, 5.74) is 0.770. The van der Waals surface area contributed by atoms with Gasteiger partial charge < -0.3 is 10.4 Å². The van der Waals surface area contributed by atoms with Gasteiger partial charge in [-0.2, -0.15) is 0 Å². The average molecular weight is 252 g/mol. The first-order valence-electron chi connectivity index (χ1n) is 4.50. The fourth-order valence-corrected chi connectivity index (χ4v) is 2.16. The molecule has 2 N–H and O–H groups in total. The number of carboxylic acids is 1. The third-order valence-corrected chi connectivity index (χ3v) is 3.20. The van der Waals surface area contributed by atoms with Crippen LogP contribution in [0.2, 0.25) is 0 Å². The van der Waals surface area contributed by atoms with Gasteiger partial charge in [0.1, 0.15) is 5.84 Å². The predicted molar refractivity (Wildman–Crippen MR) is 69.5 cm³/mol. The zero-order valence-corrected chi connectivity index (χ0v) is 9.77. The summed E-state index contributed by atoms with van der Waals surface area (Å²) in [6.45, 7) is 0. The van der Waals surface area contributed by atoms with Crippen molar-refractivity contribution in [3.63, 3.8) is 0 Å². The Hall–Kier alpha value is -1.40. The number of nitrogens with zero attached hydrogens (tertiary/aromatic N) is 1. The van der Waals surface area contributed by atoms with E-state index in [1.54, 1.807) is 24.3 Å². The first kappa shape index (κ1) is 11.1. The molecule has 6 heteroatoms. The van der Waals surface area contributed by atoms with Gasteiger partial charge in [-0.15, -0.1) is 0 Å². The number of nitrogens with one attached hydrogen (secondary N) is 1. The van der Waals surface area contributed by atoms with Gasteiger partial charge in [-0.1, -0.05) is 36.1 Å². The summed E-state index contributed by atoms with van der Waals surface area (Å²) in [7, 11) is 0. The van der Waals surface area contributed by atoms with Crippen molar-refractivity contribution in [2.75, 3.05) is 11.1 Å². The number of benzene rings is 1. The summed E-state index contributed by atoms with van der Waals surface area (Å²) in [6, 6.07) is 6.71.